The fourth-order valence-electron chi connectivity index (χ4n) is 3.80. The lowest BCUT2D eigenvalue weighted by atomic mass is 10.0. The molecule has 148 valence electrons. The van der Waals surface area contributed by atoms with Gasteiger partial charge in [0.2, 0.25) is 0 Å². The summed E-state index contributed by atoms with van der Waals surface area (Å²) in [7, 11) is 6.07. The first kappa shape index (κ1) is 20.0. The van der Waals surface area contributed by atoms with Crippen molar-refractivity contribution in [3.63, 3.8) is 0 Å². The van der Waals surface area contributed by atoms with E-state index in [0.29, 0.717) is 5.76 Å². The smallest absolute Gasteiger partial charge is 0.182 e. The molecular formula is C24H23BN4O. The van der Waals surface area contributed by atoms with Crippen molar-refractivity contribution in [2.75, 3.05) is 13.1 Å². The summed E-state index contributed by atoms with van der Waals surface area (Å²) in [5, 5.41) is 6.01. The second-order valence-corrected chi connectivity index (χ2v) is 7.29. The van der Waals surface area contributed by atoms with Crippen LogP contribution in [0.4, 0.5) is 0 Å². The van der Waals surface area contributed by atoms with Crippen LogP contribution in [0.3, 0.4) is 0 Å². The van der Waals surface area contributed by atoms with Crippen LogP contribution in [0.15, 0.2) is 66.7 Å². The second kappa shape index (κ2) is 9.02. The van der Waals surface area contributed by atoms with Gasteiger partial charge in [0.05, 0.1) is 11.6 Å². The third-order valence-corrected chi connectivity index (χ3v) is 5.27. The molecule has 4 rings (SSSR count). The van der Waals surface area contributed by atoms with Crippen molar-refractivity contribution in [1.29, 1.82) is 0 Å². The summed E-state index contributed by atoms with van der Waals surface area (Å²) < 4.78 is 7.99. The normalized spacial score (nSPS) is 18.0. The zero-order valence-corrected chi connectivity index (χ0v) is 17.0. The predicted octanol–water partition coefficient (Wildman–Crippen LogP) is 4.29. The quantitative estimate of drug-likeness (QED) is 0.280. The van der Waals surface area contributed by atoms with Gasteiger partial charge in [-0.1, -0.05) is 5.92 Å². The zero-order chi connectivity index (χ0) is 20.9. The van der Waals surface area contributed by atoms with E-state index in [1.54, 1.807) is 12.2 Å². The molecule has 0 amide bonds. The summed E-state index contributed by atoms with van der Waals surface area (Å²) in [6, 6.07) is 10.2. The van der Waals surface area contributed by atoms with Crippen molar-refractivity contribution in [2.24, 2.45) is 0 Å². The topological polar surface area (TPSA) is 43.2 Å². The van der Waals surface area contributed by atoms with Crippen molar-refractivity contribution < 1.29 is 4.74 Å². The van der Waals surface area contributed by atoms with Crippen molar-refractivity contribution in [3.05, 3.63) is 66.7 Å². The molecule has 2 radical (unpaired) electrons. The Hall–Kier alpha value is -3.30. The van der Waals surface area contributed by atoms with Crippen LogP contribution in [0.1, 0.15) is 25.8 Å². The molecule has 1 aliphatic rings. The summed E-state index contributed by atoms with van der Waals surface area (Å²) >= 11 is 0. The summed E-state index contributed by atoms with van der Waals surface area (Å²) in [4.78, 5) is 6.20. The molecule has 0 N–H and O–H groups in total. The Bertz CT molecular complexity index is 1120. The van der Waals surface area contributed by atoms with Gasteiger partial charge in [-0.05, 0) is 74.9 Å². The fourth-order valence-corrected chi connectivity index (χ4v) is 3.80. The lowest BCUT2D eigenvalue weighted by Crippen LogP contribution is -2.35. The number of fused-ring (bicyclic) bond motifs is 1. The molecule has 0 saturated carbocycles. The van der Waals surface area contributed by atoms with Crippen LogP contribution >= 0.6 is 0 Å². The Morgan fingerprint density at radius 2 is 2.13 bits per heavy atom. The molecule has 1 atom stereocenters. The molecule has 3 heterocycles. The zero-order valence-electron chi connectivity index (χ0n) is 17.0. The van der Waals surface area contributed by atoms with Crippen molar-refractivity contribution in [2.45, 2.75) is 25.8 Å². The maximum Gasteiger partial charge on any atom is 0.182 e. The highest BCUT2D eigenvalue weighted by Crippen LogP contribution is 2.32. The van der Waals surface area contributed by atoms with Crippen molar-refractivity contribution in [3.8, 4) is 29.4 Å². The summed E-state index contributed by atoms with van der Waals surface area (Å²) in [5.74, 6) is 3.90. The first-order valence-electron chi connectivity index (χ1n) is 10.1. The van der Waals surface area contributed by atoms with E-state index in [2.05, 4.69) is 15.6 Å². The largest absolute Gasteiger partial charge is 0.458 e. The number of hydrogen-bond acceptors (Lipinski definition) is 4. The minimum Gasteiger partial charge on any atom is -0.458 e. The van der Waals surface area contributed by atoms with Crippen LogP contribution in [0.5, 0.6) is 5.75 Å². The third-order valence-electron chi connectivity index (χ3n) is 5.27. The van der Waals surface area contributed by atoms with Crippen LogP contribution in [-0.2, 0) is 0 Å². The molecule has 3 aromatic rings. The fraction of sp³-hybridized carbons (Fsp3) is 0.250. The monoisotopic (exact) mass is 394 g/mol. The van der Waals surface area contributed by atoms with E-state index in [1.807, 2.05) is 60.5 Å². The van der Waals surface area contributed by atoms with Gasteiger partial charge in [-0.15, -0.1) is 6.42 Å². The third kappa shape index (κ3) is 4.17. The molecule has 1 aliphatic heterocycles. The van der Waals surface area contributed by atoms with Crippen molar-refractivity contribution >= 4 is 18.9 Å². The number of pyridine rings is 1. The molecule has 2 aromatic heterocycles. The number of piperidine rings is 1. The van der Waals surface area contributed by atoms with E-state index in [0.717, 1.165) is 53.8 Å². The second-order valence-electron chi connectivity index (χ2n) is 7.29. The number of allylic oxidation sites excluding steroid dienone is 3. The molecule has 0 aliphatic carbocycles. The van der Waals surface area contributed by atoms with Gasteiger partial charge < -0.3 is 9.55 Å². The number of hydrogen-bond donors (Lipinski definition) is 0. The SMILES string of the molecule is [B]N1CCC[C@@H](n2nc(-c3ccc(OC(/C=C\C#C)=C/C)cc3)c3cnccc32)C1. The Kier molecular flexibility index (Phi) is 6.01. The summed E-state index contributed by atoms with van der Waals surface area (Å²) in [6.45, 7) is 3.63. The molecular weight excluding hydrogens is 371 g/mol. The first-order chi connectivity index (χ1) is 14.7. The lowest BCUT2D eigenvalue weighted by Gasteiger charge is -2.30. The highest BCUT2D eigenvalue weighted by atomic mass is 16.5. The maximum atomic E-state index is 6.07. The van der Waals surface area contributed by atoms with Gasteiger partial charge in [0, 0.05) is 29.9 Å². The number of ether oxygens (including phenoxy) is 1. The Morgan fingerprint density at radius 3 is 2.87 bits per heavy atom. The molecule has 1 fully saturated rings. The molecule has 0 unspecified atom stereocenters. The van der Waals surface area contributed by atoms with Gasteiger partial charge in [-0.2, -0.15) is 5.10 Å². The van der Waals surface area contributed by atoms with Gasteiger partial charge in [0.1, 0.15) is 17.2 Å². The molecule has 6 heteroatoms. The van der Waals surface area contributed by atoms with E-state index in [-0.39, 0.29) is 6.04 Å². The standard InChI is InChI=1S/C24H23BN4O/c1-3-5-8-20(4-2)30-21-11-9-18(10-12-21)24-22-16-26-14-13-23(22)29(27-24)19-7-6-15-28(25)17-19/h1,4-5,8-14,16,19H,6-7,15,17H2,2H3/b8-5-,20-4+/t19-/m1/s1. The minimum absolute atomic E-state index is 0.255. The van der Waals surface area contributed by atoms with Crippen LogP contribution in [-0.4, -0.2) is 40.6 Å². The molecule has 0 spiro atoms. The Labute approximate surface area is 178 Å². The average molecular weight is 394 g/mol. The van der Waals surface area contributed by atoms with Gasteiger partial charge in [-0.3, -0.25) is 9.67 Å². The van der Waals surface area contributed by atoms with E-state index in [4.69, 9.17) is 24.2 Å². The van der Waals surface area contributed by atoms with Gasteiger partial charge in [0.15, 0.2) is 7.98 Å². The van der Waals surface area contributed by atoms with Gasteiger partial charge in [-0.25, -0.2) is 0 Å². The summed E-state index contributed by atoms with van der Waals surface area (Å²) in [6.07, 6.45) is 16.3. The van der Waals surface area contributed by atoms with E-state index in [1.165, 1.54) is 0 Å². The summed E-state index contributed by atoms with van der Waals surface area (Å²) in [5.41, 5.74) is 3.01. The number of benzene rings is 1. The molecule has 0 bridgehead atoms. The molecule has 5 nitrogen and oxygen atoms in total. The van der Waals surface area contributed by atoms with Crippen LogP contribution in [0.2, 0.25) is 0 Å². The van der Waals surface area contributed by atoms with Crippen molar-refractivity contribution in [1.82, 2.24) is 19.6 Å². The number of aromatic nitrogens is 3. The maximum absolute atomic E-state index is 6.07. The average Bonchev–Trinajstić information content (AvgIpc) is 3.17. The molecule has 1 aromatic carbocycles. The minimum atomic E-state index is 0.255. The molecule has 30 heavy (non-hydrogen) atoms. The number of rotatable bonds is 5. The lowest BCUT2D eigenvalue weighted by molar-refractivity contribution is 0.266. The predicted molar refractivity (Wildman–Crippen MR) is 121 cm³/mol. The van der Waals surface area contributed by atoms with Crippen LogP contribution in [0.25, 0.3) is 22.2 Å². The van der Waals surface area contributed by atoms with Crippen LogP contribution < -0.4 is 4.74 Å². The van der Waals surface area contributed by atoms with E-state index < -0.39 is 0 Å². The van der Waals surface area contributed by atoms with E-state index in [9.17, 15) is 0 Å². The number of terminal acetylenes is 1. The van der Waals surface area contributed by atoms with Crippen LogP contribution in [0, 0.1) is 12.3 Å². The van der Waals surface area contributed by atoms with Gasteiger partial charge in [0.25, 0.3) is 0 Å². The first-order valence-corrected chi connectivity index (χ1v) is 10.1. The number of nitrogens with zero attached hydrogens (tertiary/aromatic N) is 4. The highest BCUT2D eigenvalue weighted by Gasteiger charge is 2.23. The highest BCUT2D eigenvalue weighted by molar-refractivity contribution is 6.04. The van der Waals surface area contributed by atoms with Gasteiger partial charge >= 0.3 is 0 Å². The van der Waals surface area contributed by atoms with E-state index >= 15 is 0 Å². The Morgan fingerprint density at radius 1 is 1.30 bits per heavy atom. The Balaban J connectivity index is 1.65. The molecule has 1 saturated heterocycles.